The molecule has 0 saturated heterocycles. The number of hydrogen-bond donors (Lipinski definition) is 0. The normalized spacial score (nSPS) is 18.3. The lowest BCUT2D eigenvalue weighted by Crippen LogP contribution is -2.54. The van der Waals surface area contributed by atoms with Gasteiger partial charge in [0.15, 0.2) is 5.69 Å². The number of para-hydroxylation sites is 2. The van der Waals surface area contributed by atoms with E-state index in [0.29, 0.717) is 41.7 Å². The van der Waals surface area contributed by atoms with E-state index in [2.05, 4.69) is 5.10 Å². The average molecular weight is 437 g/mol. The number of amides is 2. The third kappa shape index (κ3) is 3.55. The predicted octanol–water partition coefficient (Wildman–Crippen LogP) is 3.01. The van der Waals surface area contributed by atoms with Gasteiger partial charge in [-0.15, -0.1) is 0 Å². The highest BCUT2D eigenvalue weighted by Crippen LogP contribution is 2.32. The molecule has 0 saturated carbocycles. The molecule has 5 rings (SSSR count). The third-order valence-corrected chi connectivity index (χ3v) is 6.01. The van der Waals surface area contributed by atoms with E-state index in [4.69, 9.17) is 16.3 Å². The first kappa shape index (κ1) is 19.6. The second kappa shape index (κ2) is 7.74. The summed E-state index contributed by atoms with van der Waals surface area (Å²) in [5.74, 6) is 0.226. The zero-order valence-corrected chi connectivity index (χ0v) is 17.7. The Morgan fingerprint density at radius 1 is 1.16 bits per heavy atom. The van der Waals surface area contributed by atoms with E-state index in [1.165, 1.54) is 0 Å². The summed E-state index contributed by atoms with van der Waals surface area (Å²) < 4.78 is 7.65. The minimum atomic E-state index is -0.698. The molecule has 2 aliphatic rings. The minimum Gasteiger partial charge on any atom is -0.489 e. The molecule has 0 aliphatic carbocycles. The van der Waals surface area contributed by atoms with Crippen LogP contribution in [0.25, 0.3) is 0 Å². The smallest absolute Gasteiger partial charge is 0.275 e. The Balaban J connectivity index is 1.39. The zero-order valence-electron chi connectivity index (χ0n) is 17.0. The summed E-state index contributed by atoms with van der Waals surface area (Å²) in [5.41, 5.74) is 2.99. The standard InChI is InChI=1S/C23H21ClN4O3/c1-26-18-7-2-3-8-20(18)31-14-19(22(26)29)28-10-9-16-13-27(25-21(16)23(28)30)12-15-5-4-6-17(24)11-15/h2-8,11,13,19H,9-10,12,14H2,1H3/t19-/m0/s1. The fourth-order valence-corrected chi connectivity index (χ4v) is 4.38. The summed E-state index contributed by atoms with van der Waals surface area (Å²) in [7, 11) is 1.71. The minimum absolute atomic E-state index is 0.116. The molecule has 0 fully saturated rings. The Bertz CT molecular complexity index is 1180. The number of nitrogens with zero attached hydrogens (tertiary/aromatic N) is 4. The lowest BCUT2D eigenvalue weighted by molar-refractivity contribution is -0.123. The lowest BCUT2D eigenvalue weighted by Gasteiger charge is -2.33. The Hall–Kier alpha value is -3.32. The van der Waals surface area contributed by atoms with Crippen molar-refractivity contribution in [3.8, 4) is 5.75 Å². The summed E-state index contributed by atoms with van der Waals surface area (Å²) in [5, 5.41) is 5.19. The van der Waals surface area contributed by atoms with E-state index in [0.717, 1.165) is 11.1 Å². The van der Waals surface area contributed by atoms with Gasteiger partial charge in [0.2, 0.25) is 0 Å². The lowest BCUT2D eigenvalue weighted by atomic mass is 10.0. The SMILES string of the molecule is CN1C(=O)[C@@H](N2CCc3cn(Cc4cccc(Cl)c4)nc3C2=O)COc2ccccc21. The van der Waals surface area contributed by atoms with Crippen molar-refractivity contribution >= 4 is 29.1 Å². The summed E-state index contributed by atoms with van der Waals surface area (Å²) in [6, 6.07) is 14.2. The topological polar surface area (TPSA) is 67.7 Å². The van der Waals surface area contributed by atoms with Crippen LogP contribution in [0, 0.1) is 0 Å². The molecule has 0 spiro atoms. The van der Waals surface area contributed by atoms with Crippen molar-refractivity contribution < 1.29 is 14.3 Å². The first-order valence-corrected chi connectivity index (χ1v) is 10.5. The second-order valence-corrected chi connectivity index (χ2v) is 8.21. The highest BCUT2D eigenvalue weighted by atomic mass is 35.5. The molecule has 3 aromatic rings. The van der Waals surface area contributed by atoms with E-state index < -0.39 is 6.04 Å². The molecule has 8 heteroatoms. The third-order valence-electron chi connectivity index (χ3n) is 5.77. The molecule has 2 aliphatic heterocycles. The summed E-state index contributed by atoms with van der Waals surface area (Å²) in [4.78, 5) is 29.6. The fourth-order valence-electron chi connectivity index (χ4n) is 4.17. The van der Waals surface area contributed by atoms with Gasteiger partial charge >= 0.3 is 0 Å². The number of rotatable bonds is 3. The van der Waals surface area contributed by atoms with Gasteiger partial charge in [-0.2, -0.15) is 5.10 Å². The van der Waals surface area contributed by atoms with Crippen LogP contribution in [-0.4, -0.2) is 52.7 Å². The molecule has 158 valence electrons. The first-order valence-electron chi connectivity index (χ1n) is 10.1. The number of likely N-dealkylation sites (N-methyl/N-ethyl adjacent to an activating group) is 1. The molecule has 3 heterocycles. The maximum atomic E-state index is 13.3. The monoisotopic (exact) mass is 436 g/mol. The van der Waals surface area contributed by atoms with Gasteiger partial charge < -0.3 is 14.5 Å². The summed E-state index contributed by atoms with van der Waals surface area (Å²) >= 11 is 6.07. The van der Waals surface area contributed by atoms with E-state index >= 15 is 0 Å². The number of carbonyl (C=O) groups is 2. The Kier molecular flexibility index (Phi) is 4.90. The number of anilines is 1. The van der Waals surface area contributed by atoms with Gasteiger partial charge in [0, 0.05) is 30.4 Å². The maximum absolute atomic E-state index is 13.3. The molecular weight excluding hydrogens is 416 g/mol. The summed E-state index contributed by atoms with van der Waals surface area (Å²) in [6.07, 6.45) is 2.54. The molecular formula is C23H21ClN4O3. The average Bonchev–Trinajstić information content (AvgIpc) is 3.13. The van der Waals surface area contributed by atoms with Crippen LogP contribution in [0.2, 0.25) is 5.02 Å². The molecule has 1 atom stereocenters. The van der Waals surface area contributed by atoms with Crippen LogP contribution in [0.5, 0.6) is 5.75 Å². The van der Waals surface area contributed by atoms with Crippen molar-refractivity contribution in [3.05, 3.63) is 76.6 Å². The van der Waals surface area contributed by atoms with Crippen LogP contribution in [0.15, 0.2) is 54.7 Å². The molecule has 0 bridgehead atoms. The van der Waals surface area contributed by atoms with Crippen molar-refractivity contribution in [2.75, 3.05) is 25.1 Å². The largest absolute Gasteiger partial charge is 0.489 e. The van der Waals surface area contributed by atoms with Gasteiger partial charge in [-0.3, -0.25) is 14.3 Å². The van der Waals surface area contributed by atoms with Gasteiger partial charge in [-0.05, 0) is 36.2 Å². The van der Waals surface area contributed by atoms with E-state index in [1.54, 1.807) is 21.5 Å². The Labute approximate surface area is 184 Å². The van der Waals surface area contributed by atoms with Crippen molar-refractivity contribution in [2.24, 2.45) is 0 Å². The number of ether oxygens (including phenoxy) is 1. The van der Waals surface area contributed by atoms with Gasteiger partial charge in [0.25, 0.3) is 11.8 Å². The number of benzene rings is 2. The van der Waals surface area contributed by atoms with Crippen LogP contribution < -0.4 is 9.64 Å². The van der Waals surface area contributed by atoms with Crippen LogP contribution in [0.4, 0.5) is 5.69 Å². The van der Waals surface area contributed by atoms with Crippen LogP contribution in [0.1, 0.15) is 21.6 Å². The Morgan fingerprint density at radius 2 is 2.00 bits per heavy atom. The number of fused-ring (bicyclic) bond motifs is 2. The highest BCUT2D eigenvalue weighted by molar-refractivity contribution is 6.30. The van der Waals surface area contributed by atoms with Crippen LogP contribution in [0.3, 0.4) is 0 Å². The number of hydrogen-bond acceptors (Lipinski definition) is 4. The van der Waals surface area contributed by atoms with E-state index in [9.17, 15) is 9.59 Å². The fraction of sp³-hybridized carbons (Fsp3) is 0.261. The van der Waals surface area contributed by atoms with Crippen LogP contribution in [-0.2, 0) is 17.8 Å². The molecule has 2 amide bonds. The van der Waals surface area contributed by atoms with Gasteiger partial charge in [0.05, 0.1) is 12.2 Å². The highest BCUT2D eigenvalue weighted by Gasteiger charge is 2.39. The quantitative estimate of drug-likeness (QED) is 0.633. The second-order valence-electron chi connectivity index (χ2n) is 7.77. The van der Waals surface area contributed by atoms with E-state index in [1.807, 2.05) is 54.7 Å². The number of halogens is 1. The Morgan fingerprint density at radius 3 is 2.84 bits per heavy atom. The zero-order chi connectivity index (χ0) is 21.5. The van der Waals surface area contributed by atoms with E-state index in [-0.39, 0.29) is 18.4 Å². The molecule has 0 radical (unpaired) electrons. The van der Waals surface area contributed by atoms with Gasteiger partial charge in [-0.25, -0.2) is 0 Å². The molecule has 0 N–H and O–H groups in total. The van der Waals surface area contributed by atoms with Gasteiger partial charge in [0.1, 0.15) is 18.4 Å². The predicted molar refractivity (Wildman–Crippen MR) is 117 cm³/mol. The number of carbonyl (C=O) groups excluding carboxylic acids is 2. The first-order chi connectivity index (χ1) is 15.0. The number of aromatic nitrogens is 2. The van der Waals surface area contributed by atoms with Crippen molar-refractivity contribution in [1.82, 2.24) is 14.7 Å². The molecule has 1 aromatic heterocycles. The van der Waals surface area contributed by atoms with Crippen LogP contribution >= 0.6 is 11.6 Å². The van der Waals surface area contributed by atoms with Crippen molar-refractivity contribution in [3.63, 3.8) is 0 Å². The summed E-state index contributed by atoms with van der Waals surface area (Å²) in [6.45, 7) is 1.08. The van der Waals surface area contributed by atoms with Crippen molar-refractivity contribution in [2.45, 2.75) is 19.0 Å². The molecule has 0 unspecified atom stereocenters. The molecule has 7 nitrogen and oxygen atoms in total. The van der Waals surface area contributed by atoms with Crippen molar-refractivity contribution in [1.29, 1.82) is 0 Å². The van der Waals surface area contributed by atoms with Gasteiger partial charge in [-0.1, -0.05) is 35.9 Å². The maximum Gasteiger partial charge on any atom is 0.275 e. The molecule has 31 heavy (non-hydrogen) atoms. The molecule has 2 aromatic carbocycles.